The number of pyridine rings is 1. The van der Waals surface area contributed by atoms with E-state index in [-0.39, 0.29) is 28.6 Å². The zero-order valence-corrected chi connectivity index (χ0v) is 17.9. The molecule has 3 aromatic rings. The second kappa shape index (κ2) is 7.96. The van der Waals surface area contributed by atoms with Crippen molar-refractivity contribution in [3.05, 3.63) is 62.7 Å². The molecule has 0 aliphatic rings. The summed E-state index contributed by atoms with van der Waals surface area (Å²) in [4.78, 5) is 28.0. The number of aryl methyl sites for hydroxylation is 3. The van der Waals surface area contributed by atoms with Crippen LogP contribution in [0.15, 0.2) is 34.1 Å². The Morgan fingerprint density at radius 3 is 2.48 bits per heavy atom. The van der Waals surface area contributed by atoms with Crippen LogP contribution in [-0.2, 0) is 17.6 Å². The van der Waals surface area contributed by atoms with Gasteiger partial charge < -0.3 is 19.4 Å². The van der Waals surface area contributed by atoms with Gasteiger partial charge in [0.1, 0.15) is 0 Å². The summed E-state index contributed by atoms with van der Waals surface area (Å²) in [6.07, 6.45) is 1.92. The molecule has 8 heteroatoms. The van der Waals surface area contributed by atoms with Crippen LogP contribution in [0.25, 0.3) is 10.9 Å². The zero-order valence-electron chi connectivity index (χ0n) is 17.1. The molecule has 0 aliphatic carbocycles. The van der Waals surface area contributed by atoms with Crippen molar-refractivity contribution in [2.45, 2.75) is 52.1 Å². The van der Waals surface area contributed by atoms with Gasteiger partial charge in [0.05, 0.1) is 11.1 Å². The van der Waals surface area contributed by atoms with Crippen LogP contribution in [0.5, 0.6) is 0 Å². The van der Waals surface area contributed by atoms with Gasteiger partial charge in [-0.2, -0.15) is 0 Å². The van der Waals surface area contributed by atoms with Crippen molar-refractivity contribution in [2.24, 2.45) is 0 Å². The summed E-state index contributed by atoms with van der Waals surface area (Å²) in [6.45, 7) is 9.54. The van der Waals surface area contributed by atoms with E-state index in [0.29, 0.717) is 16.5 Å². The molecule has 0 bridgehead atoms. The molecule has 1 aromatic carbocycles. The summed E-state index contributed by atoms with van der Waals surface area (Å²) in [5, 5.41) is 3.48. The average Bonchev–Trinajstić information content (AvgIpc) is 2.97. The topological polar surface area (TPSA) is 107 Å². The molecule has 1 atom stereocenters. The number of nitrogens with zero attached hydrogens (tertiary/aromatic N) is 1. The lowest BCUT2D eigenvalue weighted by molar-refractivity contribution is 0.0952. The minimum atomic E-state index is -2.47. The molecule has 154 valence electrons. The van der Waals surface area contributed by atoms with Crippen LogP contribution in [0.4, 0.5) is 0 Å². The molecule has 2 aromatic heterocycles. The Bertz CT molecular complexity index is 1190. The highest BCUT2D eigenvalue weighted by Crippen LogP contribution is 2.30. The first-order valence-corrected chi connectivity index (χ1v) is 10.4. The molecule has 29 heavy (non-hydrogen) atoms. The minimum Gasteiger partial charge on any atom is -0.768 e. The van der Waals surface area contributed by atoms with Gasteiger partial charge in [-0.25, -0.2) is 0 Å². The van der Waals surface area contributed by atoms with E-state index in [4.69, 9.17) is 0 Å². The largest absolute Gasteiger partial charge is 0.768 e. The molecule has 3 rings (SSSR count). The number of benzene rings is 1. The maximum atomic E-state index is 13.0. The fourth-order valence-electron chi connectivity index (χ4n) is 3.63. The van der Waals surface area contributed by atoms with Crippen LogP contribution in [0, 0.1) is 20.8 Å². The number of nitrogens with one attached hydrogen (secondary N) is 2. The van der Waals surface area contributed by atoms with E-state index in [1.54, 1.807) is 13.0 Å². The fraction of sp³-hybridized carbons (Fsp3) is 0.333. The third-order valence-electron chi connectivity index (χ3n) is 5.01. The second-order valence-corrected chi connectivity index (χ2v) is 8.48. The van der Waals surface area contributed by atoms with Gasteiger partial charge in [-0.3, -0.25) is 13.8 Å². The molecule has 0 saturated heterocycles. The number of carbonyl (C=O) groups is 1. The highest BCUT2D eigenvalue weighted by Gasteiger charge is 2.19. The lowest BCUT2D eigenvalue weighted by Gasteiger charge is -2.14. The first kappa shape index (κ1) is 21.0. The summed E-state index contributed by atoms with van der Waals surface area (Å²) in [6, 6.07) is 4.91. The molecule has 2 heterocycles. The van der Waals surface area contributed by atoms with Crippen LogP contribution in [0.1, 0.15) is 52.6 Å². The molecule has 1 unspecified atom stereocenters. The molecule has 0 aliphatic heterocycles. The van der Waals surface area contributed by atoms with Crippen LogP contribution in [0.2, 0.25) is 0 Å². The normalized spacial score (nSPS) is 12.5. The summed E-state index contributed by atoms with van der Waals surface area (Å²) in [7, 11) is 0. The maximum Gasteiger partial charge on any atom is 0.253 e. The highest BCUT2D eigenvalue weighted by atomic mass is 32.2. The number of fused-ring (bicyclic) bond motifs is 1. The molecule has 0 saturated carbocycles. The Hall–Kier alpha value is -2.71. The third kappa shape index (κ3) is 4.04. The number of aromatic amines is 1. The van der Waals surface area contributed by atoms with Crippen LogP contribution in [-0.4, -0.2) is 24.2 Å². The minimum absolute atomic E-state index is 0.0482. The molecular weight excluding hydrogens is 390 g/mol. The van der Waals surface area contributed by atoms with E-state index >= 15 is 0 Å². The standard InChI is InChI=1S/C21H25N3O4S/c1-11(2)24-10-13(4)19-16(7-15(29(27)28)8-18(19)24)20(25)22-9-17-12(3)6-14(5)23-21(17)26/h6-8,10-11H,9H2,1-5H3,(H,22,25)(H,23,26)(H,27,28)/p-1. The van der Waals surface area contributed by atoms with Gasteiger partial charge in [-0.05, 0) is 75.0 Å². The van der Waals surface area contributed by atoms with Crippen molar-refractivity contribution >= 4 is 27.9 Å². The van der Waals surface area contributed by atoms with Crippen molar-refractivity contribution in [3.63, 3.8) is 0 Å². The fourth-order valence-corrected chi connectivity index (χ4v) is 4.05. The molecule has 0 spiro atoms. The predicted octanol–water partition coefficient (Wildman–Crippen LogP) is 3.00. The molecule has 0 fully saturated rings. The van der Waals surface area contributed by atoms with E-state index in [2.05, 4.69) is 10.3 Å². The average molecular weight is 415 g/mol. The van der Waals surface area contributed by atoms with Crippen molar-refractivity contribution in [2.75, 3.05) is 0 Å². The van der Waals surface area contributed by atoms with Gasteiger partial charge in [-0.1, -0.05) is 0 Å². The van der Waals surface area contributed by atoms with E-state index in [0.717, 1.165) is 16.8 Å². The lowest BCUT2D eigenvalue weighted by atomic mass is 10.1. The Balaban J connectivity index is 2.05. The Labute approximate surface area is 171 Å². The van der Waals surface area contributed by atoms with Gasteiger partial charge in [0.15, 0.2) is 0 Å². The molecule has 2 N–H and O–H groups in total. The van der Waals surface area contributed by atoms with Crippen LogP contribution in [0.3, 0.4) is 0 Å². The summed E-state index contributed by atoms with van der Waals surface area (Å²) in [5.41, 5.74) is 3.61. The number of amides is 1. The van der Waals surface area contributed by atoms with Gasteiger partial charge in [0.25, 0.3) is 11.5 Å². The van der Waals surface area contributed by atoms with Crippen molar-refractivity contribution in [3.8, 4) is 0 Å². The van der Waals surface area contributed by atoms with Crippen molar-refractivity contribution in [1.82, 2.24) is 14.9 Å². The lowest BCUT2D eigenvalue weighted by Crippen LogP contribution is -2.28. The molecular formula is C21H24N3O4S-. The van der Waals surface area contributed by atoms with E-state index in [1.807, 2.05) is 44.5 Å². The smallest absolute Gasteiger partial charge is 0.253 e. The highest BCUT2D eigenvalue weighted by molar-refractivity contribution is 7.79. The number of H-pyrrole nitrogens is 1. The number of rotatable bonds is 5. The number of hydrogen-bond donors (Lipinski definition) is 2. The van der Waals surface area contributed by atoms with Gasteiger partial charge in [0.2, 0.25) is 0 Å². The quantitative estimate of drug-likeness (QED) is 0.626. The zero-order chi connectivity index (χ0) is 21.5. The van der Waals surface area contributed by atoms with Crippen molar-refractivity contribution in [1.29, 1.82) is 0 Å². The summed E-state index contributed by atoms with van der Waals surface area (Å²) < 4.78 is 25.2. The predicted molar refractivity (Wildman–Crippen MR) is 112 cm³/mol. The molecule has 0 radical (unpaired) electrons. The Morgan fingerprint density at radius 1 is 1.21 bits per heavy atom. The maximum absolute atomic E-state index is 13.0. The van der Waals surface area contributed by atoms with E-state index in [9.17, 15) is 18.4 Å². The summed E-state index contributed by atoms with van der Waals surface area (Å²) in [5.74, 6) is -0.425. The van der Waals surface area contributed by atoms with Gasteiger partial charge in [0, 0.05) is 40.3 Å². The van der Waals surface area contributed by atoms with Crippen LogP contribution >= 0.6 is 0 Å². The SMILES string of the molecule is Cc1cc(C)c(CNC(=O)c2cc(S(=O)[O-])cc3c2c(C)cn3C(C)C)c(=O)[nH]1. The van der Waals surface area contributed by atoms with Crippen molar-refractivity contribution < 1.29 is 13.6 Å². The monoisotopic (exact) mass is 414 g/mol. The molecule has 1 amide bonds. The Kier molecular flexibility index (Phi) is 5.77. The third-order valence-corrected chi connectivity index (χ3v) is 5.63. The van der Waals surface area contributed by atoms with E-state index in [1.165, 1.54) is 6.07 Å². The van der Waals surface area contributed by atoms with Crippen LogP contribution < -0.4 is 10.9 Å². The van der Waals surface area contributed by atoms with Gasteiger partial charge >= 0.3 is 0 Å². The first-order valence-electron chi connectivity index (χ1n) is 9.32. The molecule has 7 nitrogen and oxygen atoms in total. The van der Waals surface area contributed by atoms with Gasteiger partial charge in [-0.15, -0.1) is 0 Å². The number of aromatic nitrogens is 2. The second-order valence-electron chi connectivity index (χ2n) is 7.54. The summed E-state index contributed by atoms with van der Waals surface area (Å²) >= 11 is -2.47. The number of carbonyl (C=O) groups excluding carboxylic acids is 1. The Morgan fingerprint density at radius 2 is 1.90 bits per heavy atom. The first-order chi connectivity index (χ1) is 13.6. The number of hydrogen-bond acceptors (Lipinski definition) is 4. The van der Waals surface area contributed by atoms with E-state index < -0.39 is 17.0 Å².